The topological polar surface area (TPSA) is 85.1 Å². The average molecular weight is 363 g/mol. The maximum atomic E-state index is 11.9. The lowest BCUT2D eigenvalue weighted by Gasteiger charge is -2.02. The Hall–Kier alpha value is -1.51. The Kier molecular flexibility index (Phi) is 4.13. The van der Waals surface area contributed by atoms with Crippen molar-refractivity contribution in [2.45, 2.75) is 0 Å². The quantitative estimate of drug-likeness (QED) is 0.666. The molecule has 9 heteroatoms. The van der Waals surface area contributed by atoms with Crippen molar-refractivity contribution in [3.05, 3.63) is 48.9 Å². The molecule has 0 radical (unpaired) electrons. The molecule has 1 aromatic heterocycles. The molecular weight excluding hydrogens is 358 g/mol. The fourth-order valence-corrected chi connectivity index (χ4v) is 2.56. The molecule has 0 atom stereocenters. The lowest BCUT2D eigenvalue weighted by atomic mass is 10.2. The maximum absolute atomic E-state index is 11.9. The number of hydrogen-bond donors (Lipinski definition) is 1. The van der Waals surface area contributed by atoms with Crippen LogP contribution in [0.2, 0.25) is 5.02 Å². The van der Waals surface area contributed by atoms with Gasteiger partial charge < -0.3 is 0 Å². The molecular formula is C10H5BrClN3O3S. The normalized spacial score (nSPS) is 10.2. The second kappa shape index (κ2) is 5.64. The first-order valence-corrected chi connectivity index (χ1v) is 6.83. The van der Waals surface area contributed by atoms with Gasteiger partial charge in [0.2, 0.25) is 0 Å². The summed E-state index contributed by atoms with van der Waals surface area (Å²) in [4.78, 5) is 25.9. The Morgan fingerprint density at radius 1 is 1.53 bits per heavy atom. The van der Waals surface area contributed by atoms with Gasteiger partial charge in [-0.05, 0) is 28.1 Å². The number of nitrogens with zero attached hydrogens (tertiary/aromatic N) is 2. The van der Waals surface area contributed by atoms with Crippen molar-refractivity contribution < 1.29 is 9.72 Å². The van der Waals surface area contributed by atoms with Gasteiger partial charge in [-0.2, -0.15) is 0 Å². The van der Waals surface area contributed by atoms with Crippen molar-refractivity contribution >= 4 is 55.6 Å². The number of benzene rings is 1. The molecule has 98 valence electrons. The predicted molar refractivity (Wildman–Crippen MR) is 75.9 cm³/mol. The van der Waals surface area contributed by atoms with Gasteiger partial charge in [-0.25, -0.2) is 4.98 Å². The molecule has 2 aromatic rings. The predicted octanol–water partition coefficient (Wildman–Crippen LogP) is 3.72. The number of rotatable bonds is 3. The number of thiazole rings is 1. The van der Waals surface area contributed by atoms with Crippen LogP contribution in [0.3, 0.4) is 0 Å². The van der Waals surface area contributed by atoms with Crippen LogP contribution in [0, 0.1) is 10.1 Å². The first-order chi connectivity index (χ1) is 8.97. The van der Waals surface area contributed by atoms with Crippen LogP contribution in [0.25, 0.3) is 0 Å². The molecule has 1 amide bonds. The molecule has 0 aliphatic rings. The van der Waals surface area contributed by atoms with Gasteiger partial charge in [-0.15, -0.1) is 0 Å². The van der Waals surface area contributed by atoms with Crippen molar-refractivity contribution in [3.63, 3.8) is 0 Å². The van der Waals surface area contributed by atoms with E-state index < -0.39 is 10.8 Å². The van der Waals surface area contributed by atoms with Crippen molar-refractivity contribution in [1.29, 1.82) is 0 Å². The summed E-state index contributed by atoms with van der Waals surface area (Å²) in [7, 11) is 0. The van der Waals surface area contributed by atoms with E-state index in [0.29, 0.717) is 5.13 Å². The van der Waals surface area contributed by atoms with Gasteiger partial charge >= 0.3 is 0 Å². The fraction of sp³-hybridized carbons (Fsp3) is 0. The molecule has 2 rings (SSSR count). The molecule has 1 N–H and O–H groups in total. The third kappa shape index (κ3) is 3.28. The minimum atomic E-state index is -0.640. The second-order valence-electron chi connectivity index (χ2n) is 3.35. The highest BCUT2D eigenvalue weighted by Crippen LogP contribution is 2.27. The number of carbonyl (C=O) groups is 1. The van der Waals surface area contributed by atoms with Crippen molar-refractivity contribution in [3.8, 4) is 0 Å². The zero-order chi connectivity index (χ0) is 14.0. The Bertz CT molecular complexity index is 661. The van der Waals surface area contributed by atoms with E-state index in [1.54, 1.807) is 6.20 Å². The standard InChI is InChI=1S/C10H5BrClN3O3S/c11-8-4-13-10(19-8)14-9(16)5-1-2-6(12)7(3-5)15(17)18/h1-4H,(H,13,14,16). The number of nitrogens with one attached hydrogen (secondary N) is 1. The van der Waals surface area contributed by atoms with Crippen LogP contribution >= 0.6 is 38.9 Å². The van der Waals surface area contributed by atoms with Crippen LogP contribution in [0.4, 0.5) is 10.8 Å². The van der Waals surface area contributed by atoms with E-state index in [0.717, 1.165) is 9.85 Å². The Balaban J connectivity index is 2.24. The number of nitro benzene ring substituents is 1. The van der Waals surface area contributed by atoms with Gasteiger partial charge in [0.05, 0.1) is 14.9 Å². The summed E-state index contributed by atoms with van der Waals surface area (Å²) in [5, 5.41) is 13.7. The summed E-state index contributed by atoms with van der Waals surface area (Å²) in [5.41, 5.74) is -0.169. The highest BCUT2D eigenvalue weighted by Gasteiger charge is 2.17. The maximum Gasteiger partial charge on any atom is 0.288 e. The van der Waals surface area contributed by atoms with Crippen LogP contribution in [-0.2, 0) is 0 Å². The van der Waals surface area contributed by atoms with E-state index in [9.17, 15) is 14.9 Å². The summed E-state index contributed by atoms with van der Waals surface area (Å²) in [6.45, 7) is 0. The second-order valence-corrected chi connectivity index (χ2v) is 6.16. The molecule has 6 nitrogen and oxygen atoms in total. The van der Waals surface area contributed by atoms with Gasteiger partial charge in [-0.1, -0.05) is 22.9 Å². The van der Waals surface area contributed by atoms with Crippen LogP contribution in [-0.4, -0.2) is 15.8 Å². The first kappa shape index (κ1) is 13.9. The lowest BCUT2D eigenvalue weighted by molar-refractivity contribution is -0.384. The summed E-state index contributed by atoms with van der Waals surface area (Å²) in [6, 6.07) is 3.85. The van der Waals surface area contributed by atoms with Gasteiger partial charge in [0.25, 0.3) is 11.6 Å². The van der Waals surface area contributed by atoms with Crippen LogP contribution in [0.5, 0.6) is 0 Å². The zero-order valence-electron chi connectivity index (χ0n) is 9.09. The van der Waals surface area contributed by atoms with E-state index in [1.165, 1.54) is 23.5 Å². The number of hydrogen-bond acceptors (Lipinski definition) is 5. The minimum absolute atomic E-state index is 0.0152. The minimum Gasteiger partial charge on any atom is -0.298 e. The molecule has 0 aliphatic heterocycles. The summed E-state index contributed by atoms with van der Waals surface area (Å²) in [6.07, 6.45) is 1.55. The van der Waals surface area contributed by atoms with Gasteiger partial charge in [-0.3, -0.25) is 20.2 Å². The zero-order valence-corrected chi connectivity index (χ0v) is 12.3. The molecule has 1 aromatic carbocycles. The molecule has 0 saturated carbocycles. The van der Waals surface area contributed by atoms with Crippen LogP contribution in [0.15, 0.2) is 28.2 Å². The monoisotopic (exact) mass is 361 g/mol. The van der Waals surface area contributed by atoms with E-state index in [1.807, 2.05) is 0 Å². The number of aromatic nitrogens is 1. The van der Waals surface area contributed by atoms with Crippen LogP contribution < -0.4 is 5.32 Å². The fourth-order valence-electron chi connectivity index (χ4n) is 1.28. The average Bonchev–Trinajstić information content (AvgIpc) is 2.74. The Morgan fingerprint density at radius 2 is 2.26 bits per heavy atom. The number of carbonyl (C=O) groups excluding carboxylic acids is 1. The largest absolute Gasteiger partial charge is 0.298 e. The number of halogens is 2. The summed E-state index contributed by atoms with van der Waals surface area (Å²) < 4.78 is 0.768. The molecule has 19 heavy (non-hydrogen) atoms. The Morgan fingerprint density at radius 3 is 2.84 bits per heavy atom. The molecule has 0 saturated heterocycles. The number of anilines is 1. The van der Waals surface area contributed by atoms with E-state index in [2.05, 4.69) is 26.2 Å². The van der Waals surface area contributed by atoms with E-state index in [4.69, 9.17) is 11.6 Å². The highest BCUT2D eigenvalue weighted by atomic mass is 79.9. The van der Waals surface area contributed by atoms with Crippen LogP contribution in [0.1, 0.15) is 10.4 Å². The molecule has 0 spiro atoms. The Labute approximate surface area is 124 Å². The van der Waals surface area contributed by atoms with E-state index in [-0.39, 0.29) is 16.3 Å². The molecule has 0 bridgehead atoms. The van der Waals surface area contributed by atoms with Crippen molar-refractivity contribution in [2.24, 2.45) is 0 Å². The summed E-state index contributed by atoms with van der Waals surface area (Å²) in [5.74, 6) is -0.485. The van der Waals surface area contributed by atoms with Gasteiger partial charge in [0.1, 0.15) is 5.02 Å². The van der Waals surface area contributed by atoms with Gasteiger partial charge in [0, 0.05) is 11.6 Å². The number of amides is 1. The highest BCUT2D eigenvalue weighted by molar-refractivity contribution is 9.11. The summed E-state index contributed by atoms with van der Waals surface area (Å²) >= 11 is 10.1. The van der Waals surface area contributed by atoms with E-state index >= 15 is 0 Å². The molecule has 0 fully saturated rings. The smallest absolute Gasteiger partial charge is 0.288 e. The number of nitro groups is 1. The van der Waals surface area contributed by atoms with Gasteiger partial charge in [0.15, 0.2) is 5.13 Å². The third-order valence-corrected chi connectivity index (χ3v) is 3.81. The molecule has 1 heterocycles. The van der Waals surface area contributed by atoms with Crippen molar-refractivity contribution in [2.75, 3.05) is 5.32 Å². The SMILES string of the molecule is O=C(Nc1ncc(Br)s1)c1ccc(Cl)c([N+](=O)[O-])c1. The molecule has 0 aliphatic carbocycles. The first-order valence-electron chi connectivity index (χ1n) is 4.84. The third-order valence-electron chi connectivity index (χ3n) is 2.10. The molecule has 0 unspecified atom stereocenters. The lowest BCUT2D eigenvalue weighted by Crippen LogP contribution is -2.11. The van der Waals surface area contributed by atoms with Crippen molar-refractivity contribution in [1.82, 2.24) is 4.98 Å².